The molecule has 0 unspecified atom stereocenters. The van der Waals surface area contributed by atoms with Crippen molar-refractivity contribution >= 4 is 37.5 Å². The number of hydrogen-bond acceptors (Lipinski definition) is 3. The minimum Gasteiger partial charge on any atom is -0.496 e. The average molecular weight is 388 g/mol. The number of nitrogen functional groups attached to an aromatic ring is 1. The molecule has 0 radical (unpaired) electrons. The Labute approximate surface area is 127 Å². The van der Waals surface area contributed by atoms with Crippen LogP contribution in [0.4, 0.5) is 5.69 Å². The maximum absolute atomic E-state index is 12.0. The van der Waals surface area contributed by atoms with Crippen molar-refractivity contribution in [2.75, 3.05) is 12.8 Å². The summed E-state index contributed by atoms with van der Waals surface area (Å²) >= 11 is 6.61. The van der Waals surface area contributed by atoms with Gasteiger partial charge in [0.25, 0.3) is 5.56 Å². The molecule has 0 aliphatic heterocycles. The number of nitrogens with two attached hydrogens (primary N) is 1. The van der Waals surface area contributed by atoms with Crippen LogP contribution in [0.1, 0.15) is 5.56 Å². The van der Waals surface area contributed by atoms with E-state index in [1.165, 1.54) is 0 Å². The first-order valence-electron chi connectivity index (χ1n) is 5.49. The molecule has 0 fully saturated rings. The van der Waals surface area contributed by atoms with Crippen LogP contribution >= 0.6 is 31.9 Å². The molecule has 2 rings (SSSR count). The highest BCUT2D eigenvalue weighted by molar-refractivity contribution is 9.11. The van der Waals surface area contributed by atoms with Gasteiger partial charge in [-0.25, -0.2) is 0 Å². The van der Waals surface area contributed by atoms with E-state index in [2.05, 4.69) is 31.9 Å². The highest BCUT2D eigenvalue weighted by Gasteiger charge is 2.08. The van der Waals surface area contributed by atoms with Gasteiger partial charge in [0.05, 0.1) is 18.1 Å². The lowest BCUT2D eigenvalue weighted by atomic mass is 10.1. The fraction of sp³-hybridized carbons (Fsp3) is 0.154. The number of methoxy groups -OCH3 is 1. The second-order valence-corrected chi connectivity index (χ2v) is 5.78. The quantitative estimate of drug-likeness (QED) is 0.823. The summed E-state index contributed by atoms with van der Waals surface area (Å²) in [6.07, 6.45) is 1.73. The predicted octanol–water partition coefficient (Wildman–Crippen LogP) is 3.01. The summed E-state index contributed by atoms with van der Waals surface area (Å²) in [7, 11) is 1.59. The highest BCUT2D eigenvalue weighted by atomic mass is 79.9. The van der Waals surface area contributed by atoms with Crippen LogP contribution in [-0.4, -0.2) is 11.7 Å². The van der Waals surface area contributed by atoms with E-state index in [0.717, 1.165) is 10.0 Å². The SMILES string of the molecule is COc1ccc(N)cc1Cn1cc(Br)cc(Br)c1=O. The zero-order valence-electron chi connectivity index (χ0n) is 10.2. The van der Waals surface area contributed by atoms with E-state index in [1.54, 1.807) is 42.1 Å². The summed E-state index contributed by atoms with van der Waals surface area (Å²) in [5.74, 6) is 0.706. The number of aromatic nitrogens is 1. The Hall–Kier alpha value is -1.27. The van der Waals surface area contributed by atoms with E-state index >= 15 is 0 Å². The minimum atomic E-state index is -0.104. The maximum atomic E-state index is 12.0. The number of nitrogens with zero attached hydrogens (tertiary/aromatic N) is 1. The average Bonchev–Trinajstić information content (AvgIpc) is 2.35. The van der Waals surface area contributed by atoms with Crippen LogP contribution in [-0.2, 0) is 6.54 Å². The number of benzene rings is 1. The van der Waals surface area contributed by atoms with Gasteiger partial charge in [-0.15, -0.1) is 0 Å². The molecule has 0 saturated heterocycles. The van der Waals surface area contributed by atoms with Crippen molar-refractivity contribution in [2.45, 2.75) is 6.54 Å². The topological polar surface area (TPSA) is 57.2 Å². The van der Waals surface area contributed by atoms with Gasteiger partial charge in [-0.1, -0.05) is 0 Å². The first-order chi connectivity index (χ1) is 9.01. The van der Waals surface area contributed by atoms with E-state index in [0.29, 0.717) is 22.5 Å². The molecule has 0 spiro atoms. The predicted molar refractivity (Wildman–Crippen MR) is 82.6 cm³/mol. The Bertz CT molecular complexity index is 668. The smallest absolute Gasteiger partial charge is 0.265 e. The largest absolute Gasteiger partial charge is 0.496 e. The fourth-order valence-corrected chi connectivity index (χ4v) is 3.05. The van der Waals surface area contributed by atoms with E-state index in [1.807, 2.05) is 0 Å². The van der Waals surface area contributed by atoms with Gasteiger partial charge >= 0.3 is 0 Å². The normalized spacial score (nSPS) is 10.5. The lowest BCUT2D eigenvalue weighted by Gasteiger charge is -2.12. The molecule has 2 N–H and O–H groups in total. The number of halogens is 2. The van der Waals surface area contributed by atoms with Gasteiger partial charge in [0.1, 0.15) is 5.75 Å². The fourth-order valence-electron chi connectivity index (χ4n) is 1.79. The van der Waals surface area contributed by atoms with E-state index < -0.39 is 0 Å². The molecule has 6 heteroatoms. The van der Waals surface area contributed by atoms with Crippen molar-refractivity contribution in [3.8, 4) is 5.75 Å². The Morgan fingerprint density at radius 3 is 2.74 bits per heavy atom. The molecule has 1 heterocycles. The van der Waals surface area contributed by atoms with Crippen LogP contribution in [0.5, 0.6) is 5.75 Å². The van der Waals surface area contributed by atoms with E-state index in [4.69, 9.17) is 10.5 Å². The van der Waals surface area contributed by atoms with Crippen LogP contribution in [0.25, 0.3) is 0 Å². The monoisotopic (exact) mass is 386 g/mol. The van der Waals surface area contributed by atoms with E-state index in [9.17, 15) is 4.79 Å². The molecule has 0 amide bonds. The summed E-state index contributed by atoms with van der Waals surface area (Å²) in [6.45, 7) is 0.394. The lowest BCUT2D eigenvalue weighted by molar-refractivity contribution is 0.408. The molecule has 0 aliphatic rings. The molecule has 1 aromatic carbocycles. The van der Waals surface area contributed by atoms with Crippen LogP contribution in [0.3, 0.4) is 0 Å². The Morgan fingerprint density at radius 1 is 1.32 bits per heavy atom. The second kappa shape index (κ2) is 5.79. The standard InChI is InChI=1S/C13H12Br2N2O2/c1-19-12-3-2-10(16)4-8(12)6-17-7-9(14)5-11(15)13(17)18/h2-5,7H,6,16H2,1H3. The lowest BCUT2D eigenvalue weighted by Crippen LogP contribution is -2.21. The molecule has 0 bridgehead atoms. The second-order valence-electron chi connectivity index (χ2n) is 4.01. The van der Waals surface area contributed by atoms with Crippen molar-refractivity contribution < 1.29 is 4.74 Å². The first-order valence-corrected chi connectivity index (χ1v) is 7.07. The Balaban J connectivity index is 2.47. The van der Waals surface area contributed by atoms with E-state index in [-0.39, 0.29) is 5.56 Å². The minimum absolute atomic E-state index is 0.104. The van der Waals surface area contributed by atoms with Crippen LogP contribution in [0.2, 0.25) is 0 Å². The van der Waals surface area contributed by atoms with Crippen molar-refractivity contribution in [1.29, 1.82) is 0 Å². The third kappa shape index (κ3) is 3.19. The highest BCUT2D eigenvalue weighted by Crippen LogP contribution is 2.22. The number of pyridine rings is 1. The number of hydrogen-bond donors (Lipinski definition) is 1. The number of rotatable bonds is 3. The van der Waals surface area contributed by atoms with Crippen molar-refractivity contribution in [3.63, 3.8) is 0 Å². The summed E-state index contributed by atoms with van der Waals surface area (Å²) < 4.78 is 8.19. The van der Waals surface area contributed by atoms with Crippen molar-refractivity contribution in [2.24, 2.45) is 0 Å². The molecular weight excluding hydrogens is 376 g/mol. The van der Waals surface area contributed by atoms with Gasteiger partial charge in [0.2, 0.25) is 0 Å². The van der Waals surface area contributed by atoms with Gasteiger partial charge in [-0.05, 0) is 56.1 Å². The zero-order chi connectivity index (χ0) is 14.0. The molecule has 1 aromatic heterocycles. The molecule has 4 nitrogen and oxygen atoms in total. The van der Waals surface area contributed by atoms with Crippen LogP contribution in [0, 0.1) is 0 Å². The van der Waals surface area contributed by atoms with Gasteiger partial charge < -0.3 is 15.0 Å². The number of ether oxygens (including phenoxy) is 1. The van der Waals surface area contributed by atoms with Gasteiger partial charge in [0, 0.05) is 21.9 Å². The molecule has 0 aliphatic carbocycles. The summed E-state index contributed by atoms with van der Waals surface area (Å²) in [4.78, 5) is 12.0. The zero-order valence-corrected chi connectivity index (χ0v) is 13.4. The molecule has 2 aromatic rings. The molecule has 0 saturated carbocycles. The van der Waals surface area contributed by atoms with Crippen LogP contribution < -0.4 is 16.0 Å². The maximum Gasteiger partial charge on any atom is 0.265 e. The molecular formula is C13H12Br2N2O2. The van der Waals surface area contributed by atoms with Crippen molar-refractivity contribution in [1.82, 2.24) is 4.57 Å². The Kier molecular flexibility index (Phi) is 4.31. The third-order valence-electron chi connectivity index (χ3n) is 2.65. The summed E-state index contributed by atoms with van der Waals surface area (Å²) in [6, 6.07) is 7.08. The van der Waals surface area contributed by atoms with Gasteiger partial charge in [0.15, 0.2) is 0 Å². The molecule has 100 valence electrons. The number of anilines is 1. The Morgan fingerprint density at radius 2 is 2.05 bits per heavy atom. The van der Waals surface area contributed by atoms with Gasteiger partial charge in [-0.2, -0.15) is 0 Å². The summed E-state index contributed by atoms with van der Waals surface area (Å²) in [5, 5.41) is 0. The third-order valence-corrected chi connectivity index (χ3v) is 3.66. The first kappa shape index (κ1) is 14.1. The van der Waals surface area contributed by atoms with Crippen molar-refractivity contribution in [3.05, 3.63) is 55.3 Å². The van der Waals surface area contributed by atoms with Gasteiger partial charge in [-0.3, -0.25) is 4.79 Å². The molecule has 0 atom stereocenters. The summed E-state index contributed by atoms with van der Waals surface area (Å²) in [5.41, 5.74) is 7.16. The molecule has 19 heavy (non-hydrogen) atoms. The van der Waals surface area contributed by atoms with Crippen LogP contribution in [0.15, 0.2) is 44.2 Å².